The van der Waals surface area contributed by atoms with Gasteiger partial charge in [-0.25, -0.2) is 0 Å². The first-order valence-corrected chi connectivity index (χ1v) is 7.95. The number of benzene rings is 1. The van der Waals surface area contributed by atoms with Crippen molar-refractivity contribution >= 4 is 5.91 Å². The van der Waals surface area contributed by atoms with Gasteiger partial charge in [-0.3, -0.25) is 4.79 Å². The Hall–Kier alpha value is -1.59. The molecule has 1 saturated heterocycles. The van der Waals surface area contributed by atoms with Crippen molar-refractivity contribution in [3.63, 3.8) is 0 Å². The van der Waals surface area contributed by atoms with Crippen LogP contribution < -0.4 is 15.8 Å². The molecule has 0 saturated carbocycles. The number of rotatable bonds is 6. The first-order chi connectivity index (χ1) is 10.5. The molecule has 2 rings (SSSR count). The van der Waals surface area contributed by atoms with Crippen molar-refractivity contribution < 1.29 is 14.3 Å². The predicted octanol–water partition coefficient (Wildman–Crippen LogP) is 2.16. The predicted molar refractivity (Wildman–Crippen MR) is 85.8 cm³/mol. The first-order valence-electron chi connectivity index (χ1n) is 7.95. The van der Waals surface area contributed by atoms with Gasteiger partial charge in [-0.15, -0.1) is 0 Å². The van der Waals surface area contributed by atoms with E-state index >= 15 is 0 Å². The van der Waals surface area contributed by atoms with Crippen LogP contribution in [0.5, 0.6) is 5.75 Å². The Kier molecular flexibility index (Phi) is 5.80. The minimum absolute atomic E-state index is 0.0870. The molecule has 0 radical (unpaired) electrons. The molecule has 1 fully saturated rings. The van der Waals surface area contributed by atoms with Crippen molar-refractivity contribution in [3.8, 4) is 5.75 Å². The molecular weight excluding hydrogens is 280 g/mol. The second-order valence-corrected chi connectivity index (χ2v) is 5.88. The number of nitrogens with one attached hydrogen (secondary N) is 1. The summed E-state index contributed by atoms with van der Waals surface area (Å²) in [5, 5.41) is 3.01. The van der Waals surface area contributed by atoms with Gasteiger partial charge in [0, 0.05) is 13.2 Å². The van der Waals surface area contributed by atoms with Crippen LogP contribution in [0.2, 0.25) is 0 Å². The van der Waals surface area contributed by atoms with Crippen LogP contribution in [0.3, 0.4) is 0 Å². The Morgan fingerprint density at radius 2 is 2.00 bits per heavy atom. The van der Waals surface area contributed by atoms with E-state index in [1.807, 2.05) is 31.2 Å². The Labute approximate surface area is 132 Å². The zero-order valence-electron chi connectivity index (χ0n) is 13.4. The van der Waals surface area contributed by atoms with Crippen LogP contribution in [0, 0.1) is 0 Å². The maximum atomic E-state index is 12.4. The summed E-state index contributed by atoms with van der Waals surface area (Å²) < 4.78 is 10.8. The number of hydrogen-bond donors (Lipinski definition) is 2. The minimum Gasteiger partial charge on any atom is -0.494 e. The molecule has 0 aromatic heterocycles. The molecule has 1 aliphatic heterocycles. The number of ether oxygens (including phenoxy) is 2. The number of nitrogens with two attached hydrogens (primary N) is 1. The molecule has 1 heterocycles. The average molecular weight is 306 g/mol. The lowest BCUT2D eigenvalue weighted by Crippen LogP contribution is -2.57. The average Bonchev–Trinajstić information content (AvgIpc) is 2.54. The van der Waals surface area contributed by atoms with Gasteiger partial charge in [0.15, 0.2) is 0 Å². The normalized spacial score (nSPS) is 18.5. The van der Waals surface area contributed by atoms with Crippen LogP contribution in [0.4, 0.5) is 0 Å². The van der Waals surface area contributed by atoms with Gasteiger partial charge in [-0.1, -0.05) is 19.1 Å². The van der Waals surface area contributed by atoms with E-state index in [1.165, 1.54) is 0 Å². The molecule has 1 aliphatic rings. The van der Waals surface area contributed by atoms with Crippen LogP contribution in [0.15, 0.2) is 24.3 Å². The van der Waals surface area contributed by atoms with Crippen molar-refractivity contribution in [2.45, 2.75) is 44.7 Å². The summed E-state index contributed by atoms with van der Waals surface area (Å²) in [6.45, 7) is 5.83. The van der Waals surface area contributed by atoms with Crippen molar-refractivity contribution in [3.05, 3.63) is 29.8 Å². The van der Waals surface area contributed by atoms with Gasteiger partial charge in [0.2, 0.25) is 5.91 Å². The zero-order chi connectivity index (χ0) is 16.0. The van der Waals surface area contributed by atoms with Gasteiger partial charge in [0.25, 0.3) is 0 Å². The van der Waals surface area contributed by atoms with E-state index in [1.54, 1.807) is 0 Å². The Morgan fingerprint density at radius 1 is 1.36 bits per heavy atom. The monoisotopic (exact) mass is 306 g/mol. The van der Waals surface area contributed by atoms with Crippen LogP contribution in [0.1, 0.15) is 44.7 Å². The second kappa shape index (κ2) is 7.61. The fourth-order valence-corrected chi connectivity index (χ4v) is 2.46. The van der Waals surface area contributed by atoms with Gasteiger partial charge in [0.05, 0.1) is 18.2 Å². The number of amides is 1. The zero-order valence-corrected chi connectivity index (χ0v) is 13.4. The van der Waals surface area contributed by atoms with E-state index in [4.69, 9.17) is 15.2 Å². The molecule has 122 valence electrons. The molecule has 1 unspecified atom stereocenters. The Bertz CT molecular complexity index is 481. The quantitative estimate of drug-likeness (QED) is 0.844. The minimum atomic E-state index is -0.809. The fraction of sp³-hybridized carbons (Fsp3) is 0.588. The van der Waals surface area contributed by atoms with Gasteiger partial charge >= 0.3 is 0 Å². The highest BCUT2D eigenvalue weighted by Gasteiger charge is 2.36. The summed E-state index contributed by atoms with van der Waals surface area (Å²) in [6.07, 6.45) is 2.11. The largest absolute Gasteiger partial charge is 0.494 e. The van der Waals surface area contributed by atoms with E-state index in [0.717, 1.165) is 17.7 Å². The van der Waals surface area contributed by atoms with Gasteiger partial charge in [-0.05, 0) is 43.9 Å². The molecule has 1 atom stereocenters. The number of carbonyl (C=O) groups is 1. The van der Waals surface area contributed by atoms with Gasteiger partial charge in [0.1, 0.15) is 5.75 Å². The number of hydrogen-bond acceptors (Lipinski definition) is 4. The lowest BCUT2D eigenvalue weighted by Gasteiger charge is -2.33. The van der Waals surface area contributed by atoms with Gasteiger partial charge < -0.3 is 20.5 Å². The first kappa shape index (κ1) is 16.8. The molecular formula is C17H26N2O3. The molecule has 1 aromatic carbocycles. The van der Waals surface area contributed by atoms with E-state index < -0.39 is 5.54 Å². The maximum absolute atomic E-state index is 12.4. The second-order valence-electron chi connectivity index (χ2n) is 5.88. The summed E-state index contributed by atoms with van der Waals surface area (Å²) in [5.41, 5.74) is 6.42. The van der Waals surface area contributed by atoms with Crippen molar-refractivity contribution in [2.24, 2.45) is 5.73 Å². The molecule has 0 spiro atoms. The highest BCUT2D eigenvalue weighted by atomic mass is 16.5. The van der Waals surface area contributed by atoms with E-state index in [0.29, 0.717) is 32.7 Å². The molecule has 0 bridgehead atoms. The number of carbonyl (C=O) groups excluding carboxylic acids is 1. The third-order valence-corrected chi connectivity index (χ3v) is 4.04. The Morgan fingerprint density at radius 3 is 2.59 bits per heavy atom. The van der Waals surface area contributed by atoms with E-state index in [-0.39, 0.29) is 11.9 Å². The van der Waals surface area contributed by atoms with Crippen molar-refractivity contribution in [1.82, 2.24) is 5.32 Å². The molecule has 5 nitrogen and oxygen atoms in total. The summed E-state index contributed by atoms with van der Waals surface area (Å²) in [6, 6.07) is 7.73. The van der Waals surface area contributed by atoms with Crippen LogP contribution in [0.25, 0.3) is 0 Å². The molecule has 1 aromatic rings. The van der Waals surface area contributed by atoms with Crippen LogP contribution >= 0.6 is 0 Å². The lowest BCUT2D eigenvalue weighted by atomic mass is 9.90. The summed E-state index contributed by atoms with van der Waals surface area (Å²) >= 11 is 0. The fourth-order valence-electron chi connectivity index (χ4n) is 2.46. The van der Waals surface area contributed by atoms with E-state index in [2.05, 4.69) is 12.2 Å². The molecule has 0 aliphatic carbocycles. The summed E-state index contributed by atoms with van der Waals surface area (Å²) in [5.74, 6) is 0.749. The molecule has 22 heavy (non-hydrogen) atoms. The third kappa shape index (κ3) is 4.21. The standard InChI is InChI=1S/C17H26N2O3/c1-3-10-22-15-6-4-14(5-7-15)13(2)19-16(20)17(18)8-11-21-12-9-17/h4-7,13H,3,8-12,18H2,1-2H3,(H,19,20). The van der Waals surface area contributed by atoms with Crippen LogP contribution in [-0.4, -0.2) is 31.3 Å². The topological polar surface area (TPSA) is 73.6 Å². The van der Waals surface area contributed by atoms with E-state index in [9.17, 15) is 4.79 Å². The summed E-state index contributed by atoms with van der Waals surface area (Å²) in [4.78, 5) is 12.4. The summed E-state index contributed by atoms with van der Waals surface area (Å²) in [7, 11) is 0. The van der Waals surface area contributed by atoms with Gasteiger partial charge in [-0.2, -0.15) is 0 Å². The smallest absolute Gasteiger partial charge is 0.240 e. The SMILES string of the molecule is CCCOc1ccc(C(C)NC(=O)C2(N)CCOCC2)cc1. The van der Waals surface area contributed by atoms with Crippen molar-refractivity contribution in [2.75, 3.05) is 19.8 Å². The Balaban J connectivity index is 1.93. The molecule has 3 N–H and O–H groups in total. The highest BCUT2D eigenvalue weighted by molar-refractivity contribution is 5.86. The lowest BCUT2D eigenvalue weighted by molar-refractivity contribution is -0.130. The third-order valence-electron chi connectivity index (χ3n) is 4.04. The highest BCUT2D eigenvalue weighted by Crippen LogP contribution is 2.21. The molecule has 5 heteroatoms. The molecule has 1 amide bonds. The van der Waals surface area contributed by atoms with Crippen molar-refractivity contribution in [1.29, 1.82) is 0 Å². The maximum Gasteiger partial charge on any atom is 0.240 e. The van der Waals surface area contributed by atoms with Crippen LogP contribution in [-0.2, 0) is 9.53 Å².